The van der Waals surface area contributed by atoms with Gasteiger partial charge in [0.15, 0.2) is 23.1 Å². The normalized spacial score (nSPS) is 17.7. The lowest BCUT2D eigenvalue weighted by Crippen LogP contribution is -2.16. The lowest BCUT2D eigenvalue weighted by atomic mass is 9.80. The van der Waals surface area contributed by atoms with Gasteiger partial charge in [-0.1, -0.05) is 76.2 Å². The summed E-state index contributed by atoms with van der Waals surface area (Å²) in [7, 11) is 0. The van der Waals surface area contributed by atoms with Gasteiger partial charge in [0, 0.05) is 57.3 Å². The van der Waals surface area contributed by atoms with Crippen LogP contribution >= 0.6 is 34.0 Å². The molecule has 0 unspecified atom stereocenters. The number of ketones is 4. The molecule has 0 fully saturated rings. The summed E-state index contributed by atoms with van der Waals surface area (Å²) >= 11 is 5.10. The number of carbonyl (C=O) groups excluding carboxylic acids is 4. The number of allylic oxidation sites excluding steroid dienone is 4. The van der Waals surface area contributed by atoms with Gasteiger partial charge in [0.1, 0.15) is 0 Å². The maximum atomic E-state index is 13.6. The highest BCUT2D eigenvalue weighted by atomic mass is 32.1. The summed E-state index contributed by atoms with van der Waals surface area (Å²) in [6.07, 6.45) is 3.59. The molecule has 11 rings (SSSR count). The summed E-state index contributed by atoms with van der Waals surface area (Å²) < 4.78 is 2.36. The molecule has 3 heterocycles. The van der Waals surface area contributed by atoms with E-state index in [0.717, 1.165) is 36.0 Å². The van der Waals surface area contributed by atoms with E-state index in [1.165, 1.54) is 36.7 Å². The van der Waals surface area contributed by atoms with E-state index >= 15 is 0 Å². The van der Waals surface area contributed by atoms with Crippen molar-refractivity contribution >= 4 is 111 Å². The molecule has 0 N–H and O–H groups in total. The number of carbonyl (C=O) groups is 4. The molecule has 0 radical (unpaired) electrons. The van der Waals surface area contributed by atoms with Crippen LogP contribution in [0.3, 0.4) is 0 Å². The fourth-order valence-electron chi connectivity index (χ4n) is 9.10. The molecule has 0 spiro atoms. The predicted molar refractivity (Wildman–Crippen MR) is 218 cm³/mol. The molecule has 0 atom stereocenters. The van der Waals surface area contributed by atoms with Gasteiger partial charge in [-0.3, -0.25) is 19.2 Å². The number of Topliss-reactive ketones (excluding diaryl/α,β-unsaturated/α-hetero) is 4. The monoisotopic (exact) mass is 740 g/mol. The molecule has 4 nitrogen and oxygen atoms in total. The highest BCUT2D eigenvalue weighted by Gasteiger charge is 2.53. The van der Waals surface area contributed by atoms with Gasteiger partial charge < -0.3 is 0 Å². The second kappa shape index (κ2) is 10.2. The highest BCUT2D eigenvalue weighted by molar-refractivity contribution is 7.29. The Kier molecular flexibility index (Phi) is 6.01. The van der Waals surface area contributed by atoms with Gasteiger partial charge in [0.25, 0.3) is 0 Å². The van der Waals surface area contributed by atoms with E-state index < -0.39 is 0 Å². The van der Waals surface area contributed by atoms with Crippen molar-refractivity contribution < 1.29 is 19.2 Å². The van der Waals surface area contributed by atoms with Crippen molar-refractivity contribution in [2.45, 2.75) is 38.5 Å². The van der Waals surface area contributed by atoms with Crippen LogP contribution in [0.2, 0.25) is 0 Å². The van der Waals surface area contributed by atoms with E-state index in [4.69, 9.17) is 0 Å². The number of thiophene rings is 3. The molecule has 0 amide bonds. The fraction of sp³-hybridized carbons (Fsp3) is 0.130. The largest absolute Gasteiger partial charge is 0.288 e. The summed E-state index contributed by atoms with van der Waals surface area (Å²) in [4.78, 5) is 58.6. The van der Waals surface area contributed by atoms with Crippen LogP contribution in [0.4, 0.5) is 0 Å². The summed E-state index contributed by atoms with van der Waals surface area (Å²) in [5, 5.41) is 3.79. The molecule has 3 aromatic heterocycles. The highest BCUT2D eigenvalue weighted by Crippen LogP contribution is 2.67. The first-order valence-electron chi connectivity index (χ1n) is 17.6. The predicted octanol–water partition coefficient (Wildman–Crippen LogP) is 11.7. The van der Waals surface area contributed by atoms with Gasteiger partial charge in [-0.2, -0.15) is 0 Å². The van der Waals surface area contributed by atoms with Gasteiger partial charge >= 0.3 is 0 Å². The Labute approximate surface area is 316 Å². The molecule has 0 saturated carbocycles. The van der Waals surface area contributed by atoms with Crippen molar-refractivity contribution in [2.24, 2.45) is 0 Å². The van der Waals surface area contributed by atoms with Crippen LogP contribution in [0.5, 0.6) is 0 Å². The molecule has 7 heteroatoms. The Morgan fingerprint density at radius 3 is 1.40 bits per heavy atom. The molecule has 254 valence electrons. The van der Waals surface area contributed by atoms with Crippen molar-refractivity contribution in [1.82, 2.24) is 0 Å². The summed E-state index contributed by atoms with van der Waals surface area (Å²) in [5.41, 5.74) is 6.96. The molecule has 0 saturated heterocycles. The van der Waals surface area contributed by atoms with Crippen molar-refractivity contribution in [3.8, 4) is 0 Å². The third-order valence-corrected chi connectivity index (χ3v) is 15.2. The average molecular weight is 741 g/mol. The Bertz CT molecular complexity index is 2960. The Hall–Kier alpha value is -5.34. The van der Waals surface area contributed by atoms with E-state index in [2.05, 4.69) is 39.8 Å². The van der Waals surface area contributed by atoms with Crippen LogP contribution in [-0.4, -0.2) is 23.1 Å². The molecular formula is C46H28O4S3. The topological polar surface area (TPSA) is 68.3 Å². The van der Waals surface area contributed by atoms with E-state index in [9.17, 15) is 19.2 Å². The summed E-state index contributed by atoms with van der Waals surface area (Å²) in [5.74, 6) is -0.850. The van der Waals surface area contributed by atoms with Crippen LogP contribution in [0, 0.1) is 0 Å². The van der Waals surface area contributed by atoms with Gasteiger partial charge in [-0.15, -0.1) is 34.0 Å². The zero-order valence-electron chi connectivity index (χ0n) is 29.1. The number of hydrogen-bond donors (Lipinski definition) is 0. The first kappa shape index (κ1) is 31.2. The quantitative estimate of drug-likeness (QED) is 0.131. The number of benzene rings is 4. The molecule has 7 aromatic rings. The van der Waals surface area contributed by atoms with Gasteiger partial charge in [-0.05, 0) is 92.4 Å². The molecule has 53 heavy (non-hydrogen) atoms. The van der Waals surface area contributed by atoms with Gasteiger partial charge in [0.05, 0.1) is 15.8 Å². The van der Waals surface area contributed by atoms with Crippen molar-refractivity contribution in [1.29, 1.82) is 0 Å². The maximum absolute atomic E-state index is 13.6. The fourth-order valence-corrected chi connectivity index (χ4v) is 13.7. The first-order chi connectivity index (χ1) is 25.4. The molecule has 0 aliphatic heterocycles. The average Bonchev–Trinajstić information content (AvgIpc) is 3.97. The zero-order chi connectivity index (χ0) is 36.3. The Balaban J connectivity index is 0.959. The molecular weight excluding hydrogens is 713 g/mol. The minimum atomic E-state index is -0.305. The smallest absolute Gasteiger partial charge is 0.197 e. The number of hydrogen-bond acceptors (Lipinski definition) is 7. The van der Waals surface area contributed by atoms with Crippen molar-refractivity contribution in [3.63, 3.8) is 0 Å². The number of fused-ring (bicyclic) bond motifs is 10. The van der Waals surface area contributed by atoms with Crippen molar-refractivity contribution in [3.05, 3.63) is 149 Å². The van der Waals surface area contributed by atoms with Crippen LogP contribution < -0.4 is 0 Å². The zero-order valence-corrected chi connectivity index (χ0v) is 31.5. The van der Waals surface area contributed by atoms with Crippen LogP contribution in [0.25, 0.3) is 54.2 Å². The third kappa shape index (κ3) is 3.99. The van der Waals surface area contributed by atoms with Crippen LogP contribution in [-0.2, 0) is 10.8 Å². The molecule has 0 bridgehead atoms. The molecule has 4 aliphatic rings. The summed E-state index contributed by atoms with van der Waals surface area (Å²) in [6, 6.07) is 27.3. The van der Waals surface area contributed by atoms with Gasteiger partial charge in [0.2, 0.25) is 0 Å². The van der Waals surface area contributed by atoms with E-state index in [0.29, 0.717) is 22.3 Å². The minimum Gasteiger partial charge on any atom is -0.288 e. The maximum Gasteiger partial charge on any atom is 0.197 e. The molecule has 4 aliphatic carbocycles. The van der Waals surface area contributed by atoms with Crippen molar-refractivity contribution in [2.75, 3.05) is 0 Å². The second-order valence-electron chi connectivity index (χ2n) is 15.5. The Morgan fingerprint density at radius 2 is 0.925 bits per heavy atom. The first-order valence-corrected chi connectivity index (χ1v) is 20.0. The van der Waals surface area contributed by atoms with Crippen LogP contribution in [0.15, 0.2) is 96.1 Å². The van der Waals surface area contributed by atoms with Gasteiger partial charge in [-0.25, -0.2) is 0 Å². The number of rotatable bonds is 2. The summed E-state index contributed by atoms with van der Waals surface area (Å²) in [6.45, 7) is 9.13. The lowest BCUT2D eigenvalue weighted by molar-refractivity contribution is 0.0975. The third-order valence-electron chi connectivity index (χ3n) is 11.7. The van der Waals surface area contributed by atoms with E-state index in [-0.39, 0.29) is 45.1 Å². The van der Waals surface area contributed by atoms with E-state index in [1.807, 2.05) is 72.8 Å². The minimum absolute atomic E-state index is 0.212. The molecule has 4 aromatic carbocycles. The SMILES string of the molecule is CC1(C)C2=C(c3sc(C=C4C(=O)c5cc6ccccc6cc5C4=O)cc31)C(C)(C)c1c2sc2cc(C=C3C(=O)c4cc5ccccc5cc4C3=O)sc12. The Morgan fingerprint density at radius 1 is 0.491 bits per heavy atom. The lowest BCUT2D eigenvalue weighted by Gasteiger charge is -2.24. The van der Waals surface area contributed by atoms with Crippen LogP contribution in [0.1, 0.15) is 99.8 Å². The standard InChI is InChI=1S/C46H28O4S3/c1-45(2)33-19-25(17-31-38(47)27-13-21-9-5-6-10-22(21)14-28(27)39(31)48)51-42(33)35-36(45)44-37(46(35,3)4)43-34(53-44)20-26(52-43)18-32-40(49)29-15-23-11-7-8-12-24(23)16-30(29)41(32)50/h5-20H,1-4H3. The second-order valence-corrected chi connectivity index (χ2v) is 18.7. The van der Waals surface area contributed by atoms with E-state index in [1.54, 1.807) is 46.2 Å².